The van der Waals surface area contributed by atoms with E-state index in [1.807, 2.05) is 12.2 Å². The van der Waals surface area contributed by atoms with Crippen LogP contribution in [0.4, 0.5) is 0 Å². The smallest absolute Gasteiger partial charge is 0.324 e. The third kappa shape index (κ3) is 3.23. The third-order valence-corrected chi connectivity index (χ3v) is 8.33. The molecule has 2 aliphatic heterocycles. The lowest BCUT2D eigenvalue weighted by Crippen LogP contribution is -2.66. The van der Waals surface area contributed by atoms with Crippen molar-refractivity contribution in [1.82, 2.24) is 4.90 Å². The van der Waals surface area contributed by atoms with Gasteiger partial charge in [0.25, 0.3) is 0 Å². The van der Waals surface area contributed by atoms with Crippen molar-refractivity contribution in [2.75, 3.05) is 0 Å². The fourth-order valence-corrected chi connectivity index (χ4v) is 6.80. The number of piperidine rings is 1. The number of carbonyl (C=O) groups is 1. The van der Waals surface area contributed by atoms with Gasteiger partial charge in [-0.05, 0) is 63.2 Å². The number of aliphatic hydroxyl groups excluding tert-OH is 2. The molecule has 2 saturated heterocycles. The van der Waals surface area contributed by atoms with Crippen LogP contribution in [-0.4, -0.2) is 56.0 Å². The second-order valence-electron chi connectivity index (χ2n) is 9.75. The van der Waals surface area contributed by atoms with E-state index in [0.29, 0.717) is 18.4 Å². The maximum atomic E-state index is 12.6. The minimum atomic E-state index is -0.709. The summed E-state index contributed by atoms with van der Waals surface area (Å²) in [6.45, 7) is 2.12. The van der Waals surface area contributed by atoms with Crippen molar-refractivity contribution in [3.05, 3.63) is 12.2 Å². The molecule has 2 heterocycles. The number of carboxylic acid groups (broad SMARTS) is 1. The molecular formula is C23H37NO4. The van der Waals surface area contributed by atoms with Crippen LogP contribution in [-0.2, 0) is 4.79 Å². The number of carboxylic acids is 1. The molecule has 5 nitrogen and oxygen atoms in total. The number of rotatable bonds is 7. The largest absolute Gasteiger partial charge is 0.480 e. The first-order valence-electron chi connectivity index (χ1n) is 11.5. The van der Waals surface area contributed by atoms with Crippen LogP contribution in [0.25, 0.3) is 0 Å². The van der Waals surface area contributed by atoms with E-state index in [1.54, 1.807) is 0 Å². The topological polar surface area (TPSA) is 81.0 Å². The van der Waals surface area contributed by atoms with Crippen molar-refractivity contribution >= 4 is 5.97 Å². The molecular weight excluding hydrogens is 354 g/mol. The van der Waals surface area contributed by atoms with Gasteiger partial charge < -0.3 is 15.3 Å². The predicted molar refractivity (Wildman–Crippen MR) is 108 cm³/mol. The third-order valence-electron chi connectivity index (χ3n) is 8.33. The van der Waals surface area contributed by atoms with Crippen molar-refractivity contribution in [2.24, 2.45) is 17.8 Å². The van der Waals surface area contributed by atoms with Gasteiger partial charge in [-0.15, -0.1) is 0 Å². The molecule has 0 radical (unpaired) electrons. The summed E-state index contributed by atoms with van der Waals surface area (Å²) in [5.74, 6) is -0.00791. The lowest BCUT2D eigenvalue weighted by molar-refractivity contribution is -0.168. The van der Waals surface area contributed by atoms with E-state index in [1.165, 1.54) is 0 Å². The number of hydrogen-bond donors (Lipinski definition) is 3. The molecule has 7 atom stereocenters. The molecule has 158 valence electrons. The zero-order valence-electron chi connectivity index (χ0n) is 17.2. The average Bonchev–Trinajstić information content (AvgIpc) is 3.11. The monoisotopic (exact) mass is 391 g/mol. The van der Waals surface area contributed by atoms with Gasteiger partial charge in [0.15, 0.2) is 0 Å². The average molecular weight is 392 g/mol. The van der Waals surface area contributed by atoms with Gasteiger partial charge in [-0.3, -0.25) is 9.69 Å². The number of unbranched alkanes of at least 4 members (excludes halogenated alkanes) is 1. The van der Waals surface area contributed by atoms with E-state index < -0.39 is 23.7 Å². The molecule has 4 aliphatic rings. The zero-order chi connectivity index (χ0) is 19.9. The summed E-state index contributed by atoms with van der Waals surface area (Å²) in [5.41, 5.74) is -0.709. The van der Waals surface area contributed by atoms with Gasteiger partial charge in [0.05, 0.1) is 12.2 Å². The zero-order valence-corrected chi connectivity index (χ0v) is 17.2. The fourth-order valence-electron chi connectivity index (χ4n) is 6.80. The summed E-state index contributed by atoms with van der Waals surface area (Å²) in [6, 6.07) is 0.508. The molecule has 0 aromatic carbocycles. The molecule has 4 rings (SSSR count). The van der Waals surface area contributed by atoms with E-state index in [9.17, 15) is 20.1 Å². The summed E-state index contributed by atoms with van der Waals surface area (Å²) in [7, 11) is 0. The van der Waals surface area contributed by atoms with Crippen LogP contribution in [0.2, 0.25) is 0 Å². The molecule has 0 bridgehead atoms. The van der Waals surface area contributed by atoms with Crippen LogP contribution in [0.3, 0.4) is 0 Å². The summed E-state index contributed by atoms with van der Waals surface area (Å²) in [6.07, 6.45) is 13.6. The molecule has 4 fully saturated rings. The second kappa shape index (κ2) is 8.08. The molecule has 3 N–H and O–H groups in total. The van der Waals surface area contributed by atoms with Crippen molar-refractivity contribution in [2.45, 2.75) is 107 Å². The Morgan fingerprint density at radius 3 is 2.68 bits per heavy atom. The van der Waals surface area contributed by atoms with Crippen LogP contribution in [0.5, 0.6) is 0 Å². The van der Waals surface area contributed by atoms with Crippen LogP contribution in [0.1, 0.15) is 77.6 Å². The van der Waals surface area contributed by atoms with Gasteiger partial charge in [0.2, 0.25) is 0 Å². The Morgan fingerprint density at radius 2 is 2.04 bits per heavy atom. The number of hydrogen-bond acceptors (Lipinski definition) is 4. The lowest BCUT2D eigenvalue weighted by atomic mass is 9.65. The quantitative estimate of drug-likeness (QED) is 0.580. The highest BCUT2D eigenvalue weighted by Crippen LogP contribution is 2.56. The van der Waals surface area contributed by atoms with E-state index >= 15 is 0 Å². The molecule has 5 heteroatoms. The summed E-state index contributed by atoms with van der Waals surface area (Å²) < 4.78 is 0. The maximum absolute atomic E-state index is 12.6. The normalized spacial score (nSPS) is 42.3. The number of nitrogens with zero attached hydrogens (tertiary/aromatic N) is 1. The lowest BCUT2D eigenvalue weighted by Gasteiger charge is -2.54. The first-order valence-corrected chi connectivity index (χ1v) is 11.5. The van der Waals surface area contributed by atoms with Crippen LogP contribution < -0.4 is 0 Å². The van der Waals surface area contributed by atoms with Crippen LogP contribution in [0, 0.1) is 17.8 Å². The standard InChI is InChI=1S/C23H37NO4/c1-2-3-9-17(25)10-11-18-19-13-16-8-5-12-23(22(27)28,15-6-4-7-15)24(16)20(19)14-21(18)26/h10-11,15-21,25-26H,2-9,12-14H2,1H3,(H,27,28)/b11-10+/t16?,17-,18-,19-,20-,21-,23?/m1/s1. The van der Waals surface area contributed by atoms with Gasteiger partial charge in [0, 0.05) is 18.0 Å². The van der Waals surface area contributed by atoms with E-state index in [2.05, 4.69) is 11.8 Å². The van der Waals surface area contributed by atoms with Crippen LogP contribution >= 0.6 is 0 Å². The van der Waals surface area contributed by atoms with Gasteiger partial charge in [0.1, 0.15) is 5.54 Å². The summed E-state index contributed by atoms with van der Waals surface area (Å²) in [4.78, 5) is 14.9. The fraction of sp³-hybridized carbons (Fsp3) is 0.870. The first kappa shape index (κ1) is 20.4. The van der Waals surface area contributed by atoms with Crippen molar-refractivity contribution in [3.8, 4) is 0 Å². The molecule has 2 aliphatic carbocycles. The molecule has 2 saturated carbocycles. The Hall–Kier alpha value is -0.910. The molecule has 2 unspecified atom stereocenters. The van der Waals surface area contributed by atoms with E-state index in [4.69, 9.17) is 0 Å². The first-order chi connectivity index (χ1) is 13.5. The highest BCUT2D eigenvalue weighted by Gasteiger charge is 2.63. The second-order valence-corrected chi connectivity index (χ2v) is 9.75. The molecule has 0 aromatic heterocycles. The van der Waals surface area contributed by atoms with Crippen LogP contribution in [0.15, 0.2) is 12.2 Å². The number of fused-ring (bicyclic) bond motifs is 3. The summed E-state index contributed by atoms with van der Waals surface area (Å²) >= 11 is 0. The molecule has 0 spiro atoms. The van der Waals surface area contributed by atoms with Gasteiger partial charge >= 0.3 is 5.97 Å². The maximum Gasteiger partial charge on any atom is 0.324 e. The van der Waals surface area contributed by atoms with Gasteiger partial charge in [-0.2, -0.15) is 0 Å². The SMILES string of the molecule is CCCC[C@@H](O)/C=C/[C@@H]1[C@H]2CC3CCCC(C(=O)O)(C4CCC4)N3[C@@H]2C[C@H]1O. The van der Waals surface area contributed by atoms with Crippen molar-refractivity contribution < 1.29 is 20.1 Å². The van der Waals surface area contributed by atoms with E-state index in [0.717, 1.165) is 64.2 Å². The van der Waals surface area contributed by atoms with E-state index in [-0.39, 0.29) is 17.9 Å². The van der Waals surface area contributed by atoms with Gasteiger partial charge in [-0.1, -0.05) is 38.3 Å². The van der Waals surface area contributed by atoms with Crippen molar-refractivity contribution in [1.29, 1.82) is 0 Å². The minimum Gasteiger partial charge on any atom is -0.480 e. The van der Waals surface area contributed by atoms with Crippen molar-refractivity contribution in [3.63, 3.8) is 0 Å². The minimum absolute atomic E-state index is 0.0414. The van der Waals surface area contributed by atoms with Gasteiger partial charge in [-0.25, -0.2) is 0 Å². The molecule has 0 aromatic rings. The number of aliphatic hydroxyl groups is 2. The Labute approximate surface area is 168 Å². The Kier molecular flexibility index (Phi) is 5.88. The highest BCUT2D eigenvalue weighted by molar-refractivity contribution is 5.80. The highest BCUT2D eigenvalue weighted by atomic mass is 16.4. The Balaban J connectivity index is 1.55. The Bertz CT molecular complexity index is 603. The number of aliphatic carboxylic acids is 1. The Morgan fingerprint density at radius 1 is 1.25 bits per heavy atom. The molecule has 0 amide bonds. The summed E-state index contributed by atoms with van der Waals surface area (Å²) in [5, 5.41) is 31.3. The predicted octanol–water partition coefficient (Wildman–Crippen LogP) is 3.34. The molecule has 28 heavy (non-hydrogen) atoms.